The van der Waals surface area contributed by atoms with E-state index in [4.69, 9.17) is 4.11 Å². The molecule has 2 heterocycles. The molecule has 0 saturated heterocycles. The number of ketones is 1. The van der Waals surface area contributed by atoms with E-state index in [1.807, 2.05) is 0 Å². The average molecular weight is 302 g/mol. The van der Waals surface area contributed by atoms with Gasteiger partial charge in [0.05, 0.1) is 10.9 Å². The van der Waals surface area contributed by atoms with Crippen molar-refractivity contribution < 1.29 is 18.8 Å². The van der Waals surface area contributed by atoms with Crippen molar-refractivity contribution in [3.05, 3.63) is 45.6 Å². The summed E-state index contributed by atoms with van der Waals surface area (Å²) < 4.78 is 24.5. The van der Waals surface area contributed by atoms with Crippen LogP contribution in [0.2, 0.25) is 0 Å². The van der Waals surface area contributed by atoms with Gasteiger partial charge in [0.25, 0.3) is 5.56 Å². The van der Waals surface area contributed by atoms with Gasteiger partial charge in [-0.25, -0.2) is 9.78 Å². The number of carboxylic acid groups (broad SMARTS) is 1. The topological polar surface area (TPSA) is 93.7 Å². The molecule has 0 radical (unpaired) electrons. The fourth-order valence-corrected chi connectivity index (χ4v) is 2.56. The number of Topliss-reactive ketones (excluding diaryl/α,β-unsaturated/α-hetero) is 1. The number of imidazole rings is 1. The number of hydrogen-bond donors (Lipinski definition) is 1. The second-order valence-corrected chi connectivity index (χ2v) is 5.00. The van der Waals surface area contributed by atoms with Gasteiger partial charge in [-0.15, -0.1) is 0 Å². The number of nitrogens with zero attached hydrogens (tertiary/aromatic N) is 3. The molecule has 22 heavy (non-hydrogen) atoms. The maximum Gasteiger partial charge on any atom is 0.358 e. The van der Waals surface area contributed by atoms with E-state index in [9.17, 15) is 19.5 Å². The summed E-state index contributed by atoms with van der Waals surface area (Å²) in [6.07, 6.45) is 1.10. The third kappa shape index (κ3) is 1.75. The molecule has 0 fully saturated rings. The Morgan fingerprint density at radius 1 is 1.36 bits per heavy atom. The molecule has 7 nitrogen and oxygen atoms in total. The highest BCUT2D eigenvalue weighted by atomic mass is 16.4. The summed E-state index contributed by atoms with van der Waals surface area (Å²) in [7, 11) is 0. The standard InChI is InChI=1S/C15H13N3O4/c1-7-4-9(8(2)19)12-10(5-7)14(20)17(3)13-11(15(21)22)16-6-18(12)13/h4-6H,1-3H3,(H,21,22)/i3D3. The van der Waals surface area contributed by atoms with E-state index in [0.717, 1.165) is 6.33 Å². The number of carboxylic acids is 1. The first-order chi connectivity index (χ1) is 11.5. The van der Waals surface area contributed by atoms with Crippen molar-refractivity contribution in [2.24, 2.45) is 6.98 Å². The van der Waals surface area contributed by atoms with Gasteiger partial charge in [0.15, 0.2) is 17.1 Å². The number of fused-ring (bicyclic) bond motifs is 3. The summed E-state index contributed by atoms with van der Waals surface area (Å²) in [4.78, 5) is 40.0. The lowest BCUT2D eigenvalue weighted by Crippen LogP contribution is -2.22. The molecule has 0 aliphatic heterocycles. The van der Waals surface area contributed by atoms with Crippen molar-refractivity contribution in [2.75, 3.05) is 0 Å². The lowest BCUT2D eigenvalue weighted by atomic mass is 10.0. The number of carbonyl (C=O) groups is 2. The normalized spacial score (nSPS) is 13.8. The van der Waals surface area contributed by atoms with Crippen LogP contribution < -0.4 is 5.56 Å². The molecule has 7 heteroatoms. The van der Waals surface area contributed by atoms with E-state index in [0.29, 0.717) is 10.1 Å². The molecule has 1 N–H and O–H groups in total. The molecule has 112 valence electrons. The highest BCUT2D eigenvalue weighted by Gasteiger charge is 2.21. The largest absolute Gasteiger partial charge is 0.476 e. The lowest BCUT2D eigenvalue weighted by molar-refractivity contribution is 0.0692. The minimum atomic E-state index is -2.92. The van der Waals surface area contributed by atoms with Crippen molar-refractivity contribution in [3.8, 4) is 0 Å². The van der Waals surface area contributed by atoms with Crippen LogP contribution in [0.15, 0.2) is 23.3 Å². The van der Waals surface area contributed by atoms with Crippen molar-refractivity contribution in [2.45, 2.75) is 13.8 Å². The van der Waals surface area contributed by atoms with Crippen molar-refractivity contribution >= 4 is 28.3 Å². The van der Waals surface area contributed by atoms with E-state index in [1.165, 1.54) is 17.4 Å². The first-order valence-corrected chi connectivity index (χ1v) is 6.35. The van der Waals surface area contributed by atoms with Crippen LogP contribution in [0.25, 0.3) is 16.6 Å². The Labute approximate surface area is 128 Å². The highest BCUT2D eigenvalue weighted by Crippen LogP contribution is 2.22. The predicted molar refractivity (Wildman–Crippen MR) is 79.6 cm³/mol. The summed E-state index contributed by atoms with van der Waals surface area (Å²) in [6.45, 7) is 0.0625. The molecule has 0 bridgehead atoms. The quantitative estimate of drug-likeness (QED) is 0.722. The molecule has 0 aliphatic carbocycles. The van der Waals surface area contributed by atoms with E-state index in [-0.39, 0.29) is 22.2 Å². The maximum atomic E-state index is 12.8. The number of aromatic nitrogens is 3. The van der Waals surface area contributed by atoms with Crippen LogP contribution in [0.3, 0.4) is 0 Å². The van der Waals surface area contributed by atoms with Gasteiger partial charge in [0, 0.05) is 16.7 Å². The Hall–Kier alpha value is -2.96. The smallest absolute Gasteiger partial charge is 0.358 e. The summed E-state index contributed by atoms with van der Waals surface area (Å²) in [5.74, 6) is -1.82. The molecule has 2 aromatic heterocycles. The Morgan fingerprint density at radius 3 is 2.68 bits per heavy atom. The van der Waals surface area contributed by atoms with Gasteiger partial charge >= 0.3 is 5.97 Å². The molecular formula is C15H13N3O4. The zero-order valence-electron chi connectivity index (χ0n) is 14.7. The van der Waals surface area contributed by atoms with Crippen LogP contribution in [-0.2, 0) is 6.98 Å². The zero-order chi connectivity index (χ0) is 18.7. The molecule has 0 aliphatic rings. The van der Waals surface area contributed by atoms with E-state index in [2.05, 4.69) is 4.98 Å². The second kappa shape index (κ2) is 4.52. The van der Waals surface area contributed by atoms with Crippen LogP contribution in [0.4, 0.5) is 0 Å². The third-order valence-corrected chi connectivity index (χ3v) is 3.46. The maximum absolute atomic E-state index is 12.8. The molecular weight excluding hydrogens is 286 g/mol. The molecule has 0 atom stereocenters. The third-order valence-electron chi connectivity index (χ3n) is 3.46. The number of aryl methyl sites for hydroxylation is 2. The van der Waals surface area contributed by atoms with Crippen molar-refractivity contribution in [3.63, 3.8) is 0 Å². The van der Waals surface area contributed by atoms with E-state index < -0.39 is 29.8 Å². The van der Waals surface area contributed by atoms with Gasteiger partial charge in [-0.2, -0.15) is 0 Å². The van der Waals surface area contributed by atoms with Gasteiger partial charge in [-0.05, 0) is 31.5 Å². The SMILES string of the molecule is [2H]C([2H])([2H])n1c(=O)c2cc(C)cc(C(C)=O)c2n2cnc(C(=O)O)c12. The summed E-state index contributed by atoms with van der Waals surface area (Å²) in [6, 6.07) is 3.02. The van der Waals surface area contributed by atoms with Gasteiger partial charge in [0.1, 0.15) is 6.33 Å². The Kier molecular flexibility index (Phi) is 2.20. The molecule has 3 rings (SSSR count). The number of aromatic carboxylic acids is 1. The molecule has 0 spiro atoms. The van der Waals surface area contributed by atoms with Gasteiger partial charge in [0.2, 0.25) is 0 Å². The molecule has 1 aromatic carbocycles. The first kappa shape index (κ1) is 10.7. The van der Waals surface area contributed by atoms with Crippen LogP contribution >= 0.6 is 0 Å². The Bertz CT molecular complexity index is 1130. The van der Waals surface area contributed by atoms with Gasteiger partial charge in [-0.3, -0.25) is 18.6 Å². The monoisotopic (exact) mass is 302 g/mol. The van der Waals surface area contributed by atoms with Crippen molar-refractivity contribution in [1.29, 1.82) is 0 Å². The van der Waals surface area contributed by atoms with Crippen LogP contribution in [-0.4, -0.2) is 30.8 Å². The van der Waals surface area contributed by atoms with Crippen LogP contribution in [0.5, 0.6) is 0 Å². The molecule has 0 unspecified atom stereocenters. The minimum absolute atomic E-state index is 0.00293. The fraction of sp³-hybridized carbons (Fsp3) is 0.200. The number of carbonyl (C=O) groups excluding carboxylic acids is 1. The molecule has 3 aromatic rings. The predicted octanol–water partition coefficient (Wildman–Crippen LogP) is 1.40. The zero-order valence-corrected chi connectivity index (χ0v) is 11.7. The van der Waals surface area contributed by atoms with Gasteiger partial charge < -0.3 is 5.11 Å². The molecule has 0 amide bonds. The van der Waals surface area contributed by atoms with E-state index >= 15 is 0 Å². The van der Waals surface area contributed by atoms with Crippen molar-refractivity contribution in [1.82, 2.24) is 14.0 Å². The lowest BCUT2D eigenvalue weighted by Gasteiger charge is -2.11. The summed E-state index contributed by atoms with van der Waals surface area (Å²) in [5, 5.41) is 9.31. The highest BCUT2D eigenvalue weighted by molar-refractivity contribution is 6.07. The average Bonchev–Trinajstić information content (AvgIpc) is 2.89. The number of rotatable bonds is 2. The first-order valence-electron chi connectivity index (χ1n) is 7.85. The van der Waals surface area contributed by atoms with Gasteiger partial charge in [-0.1, -0.05) is 0 Å². The number of hydrogen-bond acceptors (Lipinski definition) is 4. The fourth-order valence-electron chi connectivity index (χ4n) is 2.56. The number of benzene rings is 1. The van der Waals surface area contributed by atoms with E-state index in [1.54, 1.807) is 13.0 Å². The summed E-state index contributed by atoms with van der Waals surface area (Å²) in [5.41, 5.74) is -0.953. The minimum Gasteiger partial charge on any atom is -0.476 e. The Morgan fingerprint density at radius 2 is 2.09 bits per heavy atom. The second-order valence-electron chi connectivity index (χ2n) is 5.00. The van der Waals surface area contributed by atoms with Crippen LogP contribution in [0.1, 0.15) is 37.4 Å². The summed E-state index contributed by atoms with van der Waals surface area (Å²) >= 11 is 0. The van der Waals surface area contributed by atoms with Crippen LogP contribution in [0, 0.1) is 6.92 Å². The Balaban J connectivity index is 2.75. The molecule has 0 saturated carbocycles.